The highest BCUT2D eigenvalue weighted by molar-refractivity contribution is 6.51. The van der Waals surface area contributed by atoms with E-state index in [1.807, 2.05) is 20.8 Å². The second-order valence-corrected chi connectivity index (χ2v) is 9.39. The summed E-state index contributed by atoms with van der Waals surface area (Å²) >= 11 is 0. The summed E-state index contributed by atoms with van der Waals surface area (Å²) in [5.41, 5.74) is -0.404. The fraction of sp³-hybridized carbons (Fsp3) is 0.259. The van der Waals surface area contributed by atoms with Gasteiger partial charge in [0.1, 0.15) is 23.3 Å². The lowest BCUT2D eigenvalue weighted by Crippen LogP contribution is -2.29. The van der Waals surface area contributed by atoms with E-state index in [1.54, 1.807) is 24.3 Å². The van der Waals surface area contributed by atoms with Crippen molar-refractivity contribution < 1.29 is 37.0 Å². The van der Waals surface area contributed by atoms with Crippen LogP contribution in [0.1, 0.15) is 49.3 Å². The first-order valence-corrected chi connectivity index (χ1v) is 11.0. The van der Waals surface area contributed by atoms with E-state index in [4.69, 9.17) is 9.15 Å². The SMILES string of the molecule is COc1ccc(/C(O)=C2/C(=O)C(=O)N(c3ccc(C(F)(F)F)cc3)C2c2ccco2)cc1C(C)(C)C. The minimum atomic E-state index is -4.56. The molecule has 0 radical (unpaired) electrons. The van der Waals surface area contributed by atoms with Gasteiger partial charge in [-0.15, -0.1) is 0 Å². The van der Waals surface area contributed by atoms with Gasteiger partial charge in [0.25, 0.3) is 11.7 Å². The molecule has 9 heteroatoms. The van der Waals surface area contributed by atoms with E-state index in [9.17, 15) is 27.9 Å². The van der Waals surface area contributed by atoms with Gasteiger partial charge >= 0.3 is 6.18 Å². The minimum Gasteiger partial charge on any atom is -0.507 e. The van der Waals surface area contributed by atoms with Crippen LogP contribution in [0.25, 0.3) is 5.76 Å². The number of carbonyl (C=O) groups is 2. The van der Waals surface area contributed by atoms with Crippen LogP contribution in [0.15, 0.2) is 70.9 Å². The Morgan fingerprint density at radius 2 is 1.69 bits per heavy atom. The number of benzene rings is 2. The molecule has 2 heterocycles. The Hall–Kier alpha value is -4.01. The molecule has 6 nitrogen and oxygen atoms in total. The van der Waals surface area contributed by atoms with Crippen molar-refractivity contribution in [1.29, 1.82) is 0 Å². The third-order valence-electron chi connectivity index (χ3n) is 6.01. The van der Waals surface area contributed by atoms with E-state index in [0.29, 0.717) is 5.75 Å². The van der Waals surface area contributed by atoms with Crippen molar-refractivity contribution in [3.8, 4) is 5.75 Å². The fourth-order valence-corrected chi connectivity index (χ4v) is 4.22. The molecule has 36 heavy (non-hydrogen) atoms. The van der Waals surface area contributed by atoms with E-state index in [1.165, 1.54) is 19.4 Å². The third-order valence-corrected chi connectivity index (χ3v) is 6.01. The van der Waals surface area contributed by atoms with Crippen molar-refractivity contribution in [2.24, 2.45) is 0 Å². The van der Waals surface area contributed by atoms with Crippen molar-refractivity contribution in [2.75, 3.05) is 12.0 Å². The maximum absolute atomic E-state index is 13.2. The fourth-order valence-electron chi connectivity index (χ4n) is 4.22. The number of aliphatic hydroxyl groups excluding tert-OH is 1. The number of hydrogen-bond acceptors (Lipinski definition) is 5. The molecule has 0 spiro atoms. The molecule has 188 valence electrons. The number of ketones is 1. The normalized spacial score (nSPS) is 18.1. The second kappa shape index (κ2) is 8.89. The number of halogens is 3. The molecule has 3 aromatic rings. The molecule has 1 aliphatic rings. The van der Waals surface area contributed by atoms with E-state index < -0.39 is 35.2 Å². The number of amides is 1. The number of alkyl halides is 3. The Labute approximate surface area is 205 Å². The molecule has 4 rings (SSSR count). The van der Waals surface area contributed by atoms with Crippen LogP contribution in [-0.2, 0) is 21.2 Å². The number of ether oxygens (including phenoxy) is 1. The standard InChI is InChI=1S/C27H24F3NO5/c1-26(2,3)18-14-15(7-12-19(18)35-4)23(32)21-22(20-6-5-13-36-20)31(25(34)24(21)33)17-10-8-16(9-11-17)27(28,29)30/h5-14,22,32H,1-4H3/b23-21-. The van der Waals surface area contributed by atoms with Gasteiger partial charge in [-0.2, -0.15) is 13.2 Å². The summed E-state index contributed by atoms with van der Waals surface area (Å²) in [6.45, 7) is 5.88. The van der Waals surface area contributed by atoms with Crippen LogP contribution >= 0.6 is 0 Å². The molecule has 1 saturated heterocycles. The number of aliphatic hydroxyl groups is 1. The molecule has 0 aliphatic carbocycles. The molecule has 1 N–H and O–H groups in total. The Balaban J connectivity index is 1.89. The Bertz CT molecular complexity index is 1330. The molecule has 1 aliphatic heterocycles. The predicted molar refractivity (Wildman–Crippen MR) is 127 cm³/mol. The summed E-state index contributed by atoms with van der Waals surface area (Å²) in [6, 6.07) is 10.7. The molecule has 1 amide bonds. The number of rotatable bonds is 4. The van der Waals surface area contributed by atoms with E-state index in [-0.39, 0.29) is 28.0 Å². The van der Waals surface area contributed by atoms with Gasteiger partial charge in [-0.3, -0.25) is 14.5 Å². The quantitative estimate of drug-likeness (QED) is 0.262. The van der Waals surface area contributed by atoms with Gasteiger partial charge in [0.05, 0.1) is 24.5 Å². The van der Waals surface area contributed by atoms with Crippen molar-refractivity contribution in [3.63, 3.8) is 0 Å². The van der Waals surface area contributed by atoms with Gasteiger partial charge in [-0.05, 0) is 60.0 Å². The summed E-state index contributed by atoms with van der Waals surface area (Å²) in [5, 5.41) is 11.3. The highest BCUT2D eigenvalue weighted by Crippen LogP contribution is 2.44. The Morgan fingerprint density at radius 3 is 2.22 bits per heavy atom. The first kappa shape index (κ1) is 25.1. The molecular weight excluding hydrogens is 475 g/mol. The lowest BCUT2D eigenvalue weighted by Gasteiger charge is -2.24. The third kappa shape index (κ3) is 4.36. The maximum atomic E-state index is 13.2. The lowest BCUT2D eigenvalue weighted by molar-refractivity contribution is -0.137. The number of anilines is 1. The van der Waals surface area contributed by atoms with Gasteiger partial charge in [-0.1, -0.05) is 20.8 Å². The first-order valence-electron chi connectivity index (χ1n) is 11.0. The number of nitrogens with zero attached hydrogens (tertiary/aromatic N) is 1. The molecule has 0 bridgehead atoms. The van der Waals surface area contributed by atoms with Crippen LogP contribution in [-0.4, -0.2) is 23.9 Å². The number of carbonyl (C=O) groups excluding carboxylic acids is 2. The zero-order valence-electron chi connectivity index (χ0n) is 20.0. The molecule has 1 atom stereocenters. The average Bonchev–Trinajstić information content (AvgIpc) is 3.44. The number of Topliss-reactive ketones (excluding diaryl/α,β-unsaturated/α-hetero) is 1. The number of furan rings is 1. The lowest BCUT2D eigenvalue weighted by atomic mass is 9.84. The van der Waals surface area contributed by atoms with Crippen LogP contribution in [0.4, 0.5) is 18.9 Å². The van der Waals surface area contributed by atoms with Gasteiger partial charge in [0, 0.05) is 16.8 Å². The van der Waals surface area contributed by atoms with Crippen LogP contribution in [0, 0.1) is 0 Å². The van der Waals surface area contributed by atoms with Gasteiger partial charge in [0.15, 0.2) is 0 Å². The summed E-state index contributed by atoms with van der Waals surface area (Å²) in [4.78, 5) is 27.3. The molecule has 1 unspecified atom stereocenters. The van der Waals surface area contributed by atoms with Crippen molar-refractivity contribution in [3.05, 3.63) is 88.9 Å². The molecule has 1 fully saturated rings. The van der Waals surface area contributed by atoms with E-state index in [2.05, 4.69) is 0 Å². The van der Waals surface area contributed by atoms with Crippen LogP contribution in [0.5, 0.6) is 5.75 Å². The first-order chi connectivity index (χ1) is 16.8. The molecule has 1 aromatic heterocycles. The molecule has 2 aromatic carbocycles. The van der Waals surface area contributed by atoms with E-state index >= 15 is 0 Å². The number of hydrogen-bond donors (Lipinski definition) is 1. The molecular formula is C27H24F3NO5. The smallest absolute Gasteiger partial charge is 0.416 e. The van der Waals surface area contributed by atoms with Crippen LogP contribution in [0.3, 0.4) is 0 Å². The van der Waals surface area contributed by atoms with Gasteiger partial charge < -0.3 is 14.3 Å². The summed E-state index contributed by atoms with van der Waals surface area (Å²) in [6.07, 6.45) is -3.22. The molecule has 0 saturated carbocycles. The van der Waals surface area contributed by atoms with Crippen molar-refractivity contribution >= 4 is 23.1 Å². The largest absolute Gasteiger partial charge is 0.507 e. The summed E-state index contributed by atoms with van der Waals surface area (Å²) in [5.74, 6) is -1.66. The summed E-state index contributed by atoms with van der Waals surface area (Å²) < 4.78 is 50.1. The Kier molecular flexibility index (Phi) is 6.20. The number of methoxy groups -OCH3 is 1. The Morgan fingerprint density at radius 1 is 1.03 bits per heavy atom. The van der Waals surface area contributed by atoms with Crippen molar-refractivity contribution in [2.45, 2.75) is 38.4 Å². The van der Waals surface area contributed by atoms with Gasteiger partial charge in [0.2, 0.25) is 0 Å². The van der Waals surface area contributed by atoms with Gasteiger partial charge in [-0.25, -0.2) is 0 Å². The zero-order chi connectivity index (χ0) is 26.4. The second-order valence-electron chi connectivity index (χ2n) is 9.39. The topological polar surface area (TPSA) is 80.0 Å². The maximum Gasteiger partial charge on any atom is 0.416 e. The minimum absolute atomic E-state index is 0.0515. The van der Waals surface area contributed by atoms with E-state index in [0.717, 1.165) is 34.7 Å². The highest BCUT2D eigenvalue weighted by Gasteiger charge is 2.48. The van der Waals surface area contributed by atoms with Crippen molar-refractivity contribution in [1.82, 2.24) is 0 Å². The van der Waals surface area contributed by atoms with Crippen LogP contribution < -0.4 is 9.64 Å². The monoisotopic (exact) mass is 499 g/mol. The van der Waals surface area contributed by atoms with Crippen LogP contribution in [0.2, 0.25) is 0 Å². The average molecular weight is 499 g/mol. The zero-order valence-corrected chi connectivity index (χ0v) is 20.0. The highest BCUT2D eigenvalue weighted by atomic mass is 19.4. The summed E-state index contributed by atoms with van der Waals surface area (Å²) in [7, 11) is 1.52. The predicted octanol–water partition coefficient (Wildman–Crippen LogP) is 6.23.